The SMILES string of the molecule is Cc1c(-c2cc(O[C@H](CO[Si](C)(C)C(C)(C)C)c3ccc(F)cn3)c3c(Cl)cnn3c2)nnn1C1CC(N2CC3COCC(C2)N3C(=O)OC(C)(C)C)C1. The van der Waals surface area contributed by atoms with Crippen LogP contribution in [0.1, 0.15) is 77.9 Å². The van der Waals surface area contributed by atoms with E-state index < -0.39 is 25.8 Å². The van der Waals surface area contributed by atoms with Crippen LogP contribution in [-0.4, -0.2) is 110 Å². The average molecular weight is 783 g/mol. The first kappa shape index (κ1) is 38.6. The molecule has 1 aliphatic carbocycles. The third-order valence-electron chi connectivity index (χ3n) is 11.3. The lowest BCUT2D eigenvalue weighted by Crippen LogP contribution is -2.68. The summed E-state index contributed by atoms with van der Waals surface area (Å²) < 4.78 is 42.6. The van der Waals surface area contributed by atoms with Crippen LogP contribution in [0.3, 0.4) is 0 Å². The quantitative estimate of drug-likeness (QED) is 0.161. The zero-order valence-corrected chi connectivity index (χ0v) is 34.4. The molecule has 4 aromatic heterocycles. The van der Waals surface area contributed by atoms with Crippen molar-refractivity contribution < 1.29 is 27.8 Å². The van der Waals surface area contributed by atoms with Crippen molar-refractivity contribution in [3.05, 3.63) is 59.0 Å². The summed E-state index contributed by atoms with van der Waals surface area (Å²) in [6.07, 6.45) is 5.59. The maximum Gasteiger partial charge on any atom is 0.411 e. The molecule has 0 radical (unpaired) electrons. The number of morpholine rings is 1. The highest BCUT2D eigenvalue weighted by Crippen LogP contribution is 2.42. The van der Waals surface area contributed by atoms with Crippen LogP contribution < -0.4 is 4.74 Å². The van der Waals surface area contributed by atoms with Gasteiger partial charge in [-0.15, -0.1) is 5.10 Å². The molecule has 13 nitrogen and oxygen atoms in total. The van der Waals surface area contributed by atoms with Crippen LogP contribution in [0.15, 0.2) is 36.8 Å². The zero-order valence-electron chi connectivity index (χ0n) is 32.7. The molecule has 0 aromatic carbocycles. The molecular weight excluding hydrogens is 731 g/mol. The molecule has 54 heavy (non-hydrogen) atoms. The van der Waals surface area contributed by atoms with Gasteiger partial charge in [-0.3, -0.25) is 14.8 Å². The van der Waals surface area contributed by atoms with Gasteiger partial charge in [-0.1, -0.05) is 37.6 Å². The summed E-state index contributed by atoms with van der Waals surface area (Å²) in [5, 5.41) is 14.2. The fourth-order valence-electron chi connectivity index (χ4n) is 7.30. The monoisotopic (exact) mass is 782 g/mol. The van der Waals surface area contributed by atoms with Crippen molar-refractivity contribution in [2.24, 2.45) is 0 Å². The lowest BCUT2D eigenvalue weighted by Gasteiger charge is -2.53. The average Bonchev–Trinajstić information content (AvgIpc) is 3.62. The molecule has 2 bridgehead atoms. The van der Waals surface area contributed by atoms with Gasteiger partial charge in [0.15, 0.2) is 14.4 Å². The van der Waals surface area contributed by atoms with Gasteiger partial charge in [-0.05, 0) is 76.9 Å². The molecule has 0 N–H and O–H groups in total. The maximum atomic E-state index is 13.9. The van der Waals surface area contributed by atoms with Crippen LogP contribution in [0, 0.1) is 12.7 Å². The van der Waals surface area contributed by atoms with E-state index in [1.165, 1.54) is 12.3 Å². The highest BCUT2D eigenvalue weighted by atomic mass is 35.5. The Morgan fingerprint density at radius 1 is 1.06 bits per heavy atom. The molecule has 292 valence electrons. The minimum absolute atomic E-state index is 0.0236. The summed E-state index contributed by atoms with van der Waals surface area (Å²) in [5.74, 6) is 0.0444. The van der Waals surface area contributed by atoms with Gasteiger partial charge in [0.2, 0.25) is 0 Å². The number of rotatable bonds is 9. The number of ether oxygens (including phenoxy) is 3. The van der Waals surface area contributed by atoms with E-state index in [2.05, 4.69) is 59.2 Å². The largest absolute Gasteiger partial charge is 0.479 e. The van der Waals surface area contributed by atoms with Crippen molar-refractivity contribution in [2.75, 3.05) is 32.9 Å². The van der Waals surface area contributed by atoms with Gasteiger partial charge < -0.3 is 18.6 Å². The van der Waals surface area contributed by atoms with E-state index in [0.29, 0.717) is 46.9 Å². The smallest absolute Gasteiger partial charge is 0.411 e. The van der Waals surface area contributed by atoms with E-state index in [9.17, 15) is 9.18 Å². The third-order valence-corrected chi connectivity index (χ3v) is 16.1. The highest BCUT2D eigenvalue weighted by molar-refractivity contribution is 6.74. The fourth-order valence-corrected chi connectivity index (χ4v) is 8.52. The second-order valence-electron chi connectivity index (χ2n) is 17.4. The van der Waals surface area contributed by atoms with E-state index in [4.69, 9.17) is 30.2 Å². The molecule has 7 rings (SSSR count). The number of carbonyl (C=O) groups excluding carboxylic acids is 1. The molecule has 3 aliphatic rings. The van der Waals surface area contributed by atoms with Crippen LogP contribution in [0.5, 0.6) is 5.75 Å². The summed E-state index contributed by atoms with van der Waals surface area (Å²) in [5.41, 5.74) is 2.99. The van der Waals surface area contributed by atoms with E-state index >= 15 is 0 Å². The van der Waals surface area contributed by atoms with Gasteiger partial charge in [0, 0.05) is 30.9 Å². The molecule has 16 heteroatoms. The van der Waals surface area contributed by atoms with E-state index in [1.807, 2.05) is 49.5 Å². The standard InChI is InChI=1S/C38H52ClFN8O5Si/c1-23-34(43-44-48(23)27-13-26(14-27)45-18-28-20-50-21-29(19-45)47(28)36(49)53-37(2,3)4)24-12-32(35-30(39)16-42-46(35)17-24)52-33(31-11-10-25(40)15-41-31)22-51-54(8,9)38(5,6)7/h10-12,15-17,26-29,33H,13-14,18-22H2,1-9H3/t26?,27?,28?,29?,33-/m1/s1. The van der Waals surface area contributed by atoms with Crippen LogP contribution in [0.4, 0.5) is 9.18 Å². The first-order valence-electron chi connectivity index (χ1n) is 18.7. The highest BCUT2D eigenvalue weighted by Gasteiger charge is 2.47. The van der Waals surface area contributed by atoms with E-state index in [1.54, 1.807) is 16.8 Å². The normalized spacial score (nSPS) is 23.0. The Labute approximate surface area is 322 Å². The van der Waals surface area contributed by atoms with Crippen molar-refractivity contribution in [2.45, 2.75) is 115 Å². The third kappa shape index (κ3) is 7.75. The number of fused-ring (bicyclic) bond motifs is 3. The van der Waals surface area contributed by atoms with Crippen LogP contribution in [0.2, 0.25) is 23.2 Å². The molecule has 3 fully saturated rings. The van der Waals surface area contributed by atoms with Crippen LogP contribution in [0.25, 0.3) is 16.8 Å². The van der Waals surface area contributed by atoms with Crippen molar-refractivity contribution in [3.63, 3.8) is 0 Å². The molecule has 0 spiro atoms. The fraction of sp³-hybridized carbons (Fsp3) is 0.605. The first-order chi connectivity index (χ1) is 25.4. The number of hydrogen-bond acceptors (Lipinski definition) is 10. The molecule has 2 saturated heterocycles. The van der Waals surface area contributed by atoms with Gasteiger partial charge in [-0.25, -0.2) is 18.4 Å². The summed E-state index contributed by atoms with van der Waals surface area (Å²) in [6.45, 7) is 21.4. The lowest BCUT2D eigenvalue weighted by atomic mass is 9.84. The molecule has 3 atom stereocenters. The number of piperazine rings is 1. The van der Waals surface area contributed by atoms with Gasteiger partial charge in [-0.2, -0.15) is 5.10 Å². The molecule has 2 aliphatic heterocycles. The Hall–Kier alpha value is -3.63. The molecule has 1 saturated carbocycles. The Bertz CT molecular complexity index is 1970. The predicted octanol–water partition coefficient (Wildman–Crippen LogP) is 7.25. The zero-order chi connectivity index (χ0) is 38.7. The molecule has 2 unspecified atom stereocenters. The van der Waals surface area contributed by atoms with E-state index in [0.717, 1.165) is 37.2 Å². The van der Waals surface area contributed by atoms with E-state index in [-0.39, 0.29) is 35.9 Å². The van der Waals surface area contributed by atoms with Gasteiger partial charge >= 0.3 is 6.09 Å². The van der Waals surface area contributed by atoms with Crippen LogP contribution >= 0.6 is 11.6 Å². The minimum Gasteiger partial charge on any atom is -0.479 e. The second-order valence-corrected chi connectivity index (χ2v) is 22.6. The molecule has 1 amide bonds. The van der Waals surface area contributed by atoms with Gasteiger partial charge in [0.25, 0.3) is 0 Å². The molecular formula is C38H52ClFN8O5Si. The summed E-state index contributed by atoms with van der Waals surface area (Å²) in [7, 11) is -2.17. The Kier molecular flexibility index (Phi) is 10.3. The molecule has 4 aromatic rings. The second kappa shape index (κ2) is 14.5. The number of halogens is 2. The lowest BCUT2D eigenvalue weighted by molar-refractivity contribution is -0.113. The van der Waals surface area contributed by atoms with Crippen LogP contribution in [-0.2, 0) is 13.9 Å². The van der Waals surface area contributed by atoms with Gasteiger partial charge in [0.1, 0.15) is 28.4 Å². The Balaban J connectivity index is 1.09. The summed E-state index contributed by atoms with van der Waals surface area (Å²) in [6, 6.07) is 5.39. The number of carbonyl (C=O) groups is 1. The Morgan fingerprint density at radius 3 is 2.39 bits per heavy atom. The Morgan fingerprint density at radius 2 is 1.76 bits per heavy atom. The van der Waals surface area contributed by atoms with Gasteiger partial charge in [0.05, 0.1) is 66.8 Å². The first-order valence-corrected chi connectivity index (χ1v) is 22.0. The predicted molar refractivity (Wildman–Crippen MR) is 205 cm³/mol. The topological polar surface area (TPSA) is 121 Å². The number of nitrogens with zero attached hydrogens (tertiary/aromatic N) is 8. The number of pyridine rings is 2. The minimum atomic E-state index is -2.17. The maximum absolute atomic E-state index is 13.9. The number of aromatic nitrogens is 6. The van der Waals surface area contributed by atoms with Crippen molar-refractivity contribution >= 4 is 31.5 Å². The summed E-state index contributed by atoms with van der Waals surface area (Å²) in [4.78, 5) is 21.8. The number of hydrogen-bond donors (Lipinski definition) is 0. The summed E-state index contributed by atoms with van der Waals surface area (Å²) >= 11 is 6.68. The number of amides is 1. The van der Waals surface area contributed by atoms with Crippen molar-refractivity contribution in [1.29, 1.82) is 0 Å². The molecule has 6 heterocycles. The van der Waals surface area contributed by atoms with Crippen molar-refractivity contribution in [1.82, 2.24) is 39.4 Å². The van der Waals surface area contributed by atoms with Crippen molar-refractivity contribution in [3.8, 4) is 17.0 Å².